The third-order valence-electron chi connectivity index (χ3n) is 7.48. The number of ketones is 1. The van der Waals surface area contributed by atoms with Crippen molar-refractivity contribution in [3.8, 4) is 5.69 Å². The summed E-state index contributed by atoms with van der Waals surface area (Å²) >= 11 is 0. The number of carbonyl (C=O) groups is 2. The number of carbonyl (C=O) groups excluding carboxylic acids is 2. The van der Waals surface area contributed by atoms with E-state index in [2.05, 4.69) is 15.2 Å². The average Bonchev–Trinajstić information content (AvgIpc) is 3.48. The predicted octanol–water partition coefficient (Wildman–Crippen LogP) is 6.08. The molecule has 3 heterocycles. The molecule has 2 aromatic carbocycles. The van der Waals surface area contributed by atoms with E-state index in [1.807, 2.05) is 48.5 Å². The molecule has 1 aliphatic rings. The minimum atomic E-state index is -4.39. The average molecular weight is 561 g/mol. The van der Waals surface area contributed by atoms with Crippen molar-refractivity contribution < 1.29 is 22.8 Å². The number of nitrogens with zero attached hydrogens (tertiary/aromatic N) is 3. The number of pyridine rings is 1. The molecule has 1 fully saturated rings. The second kappa shape index (κ2) is 12.5. The van der Waals surface area contributed by atoms with Gasteiger partial charge in [-0.05, 0) is 79.9 Å². The summed E-state index contributed by atoms with van der Waals surface area (Å²) < 4.78 is 40.2. The number of hydrogen-bond donors (Lipinski definition) is 1. The molecule has 41 heavy (non-hydrogen) atoms. The summed E-state index contributed by atoms with van der Waals surface area (Å²) in [4.78, 5) is 32.5. The third-order valence-corrected chi connectivity index (χ3v) is 7.48. The van der Waals surface area contributed by atoms with E-state index in [0.717, 1.165) is 36.2 Å². The van der Waals surface area contributed by atoms with Crippen LogP contribution >= 0.6 is 0 Å². The number of amides is 1. The van der Waals surface area contributed by atoms with Crippen molar-refractivity contribution >= 4 is 11.7 Å². The van der Waals surface area contributed by atoms with Crippen LogP contribution < -0.4 is 5.32 Å². The quantitative estimate of drug-likeness (QED) is 0.252. The standard InChI is InChI=1S/C32H31F3N4O2/c33-32(34,35)26-9-11-27(12-10-26)39-19-15-25(21-39)29(40)22-38-17-13-23(14-18-38)20-30(41)37-31(24-6-2-1-3-7-24)28-8-4-5-16-36-28/h1-12,15-16,19,21,23,31H,13-14,17-18,20,22H2,(H,37,41). The minimum absolute atomic E-state index is 0.0244. The zero-order valence-electron chi connectivity index (χ0n) is 22.4. The number of Topliss-reactive ketones (excluding diaryl/α,β-unsaturated/α-hetero) is 1. The summed E-state index contributed by atoms with van der Waals surface area (Å²) in [6, 6.07) is 21.6. The maximum absolute atomic E-state index is 13.0. The van der Waals surface area contributed by atoms with E-state index in [4.69, 9.17) is 0 Å². The van der Waals surface area contributed by atoms with E-state index < -0.39 is 11.7 Å². The molecule has 0 aliphatic carbocycles. The number of hydrogen-bond acceptors (Lipinski definition) is 4. The van der Waals surface area contributed by atoms with Crippen molar-refractivity contribution in [1.29, 1.82) is 0 Å². The van der Waals surface area contributed by atoms with E-state index in [1.54, 1.807) is 29.2 Å². The Balaban J connectivity index is 1.11. The minimum Gasteiger partial charge on any atom is -0.344 e. The molecular weight excluding hydrogens is 529 g/mol. The maximum atomic E-state index is 13.0. The lowest BCUT2D eigenvalue weighted by atomic mass is 9.92. The van der Waals surface area contributed by atoms with Gasteiger partial charge in [0.15, 0.2) is 5.78 Å². The number of rotatable bonds is 9. The molecule has 1 amide bonds. The zero-order chi connectivity index (χ0) is 28.8. The van der Waals surface area contributed by atoms with Gasteiger partial charge in [-0.15, -0.1) is 0 Å². The molecule has 1 N–H and O–H groups in total. The molecule has 1 atom stereocenters. The topological polar surface area (TPSA) is 67.2 Å². The molecule has 0 spiro atoms. The van der Waals surface area contributed by atoms with Gasteiger partial charge >= 0.3 is 6.18 Å². The van der Waals surface area contributed by atoms with Gasteiger partial charge in [0.2, 0.25) is 5.91 Å². The van der Waals surface area contributed by atoms with Crippen molar-refractivity contribution in [1.82, 2.24) is 19.8 Å². The Morgan fingerprint density at radius 1 is 0.927 bits per heavy atom. The summed E-state index contributed by atoms with van der Waals surface area (Å²) in [5.74, 6) is 0.152. The number of benzene rings is 2. The third kappa shape index (κ3) is 7.29. The van der Waals surface area contributed by atoms with Crippen molar-refractivity contribution in [3.05, 3.63) is 120 Å². The van der Waals surface area contributed by atoms with Crippen LogP contribution in [-0.2, 0) is 11.0 Å². The SMILES string of the molecule is O=C(CC1CCN(CC(=O)c2ccn(-c3ccc(C(F)(F)F)cc3)c2)CC1)NC(c1ccccc1)c1ccccn1. The molecule has 9 heteroatoms. The first-order chi connectivity index (χ1) is 19.8. The van der Waals surface area contributed by atoms with Crippen LogP contribution in [-0.4, -0.2) is 45.8 Å². The lowest BCUT2D eigenvalue weighted by molar-refractivity contribution is -0.137. The van der Waals surface area contributed by atoms with Crippen LogP contribution in [0.3, 0.4) is 0 Å². The molecule has 4 aromatic rings. The summed E-state index contributed by atoms with van der Waals surface area (Å²) in [7, 11) is 0. The fourth-order valence-electron chi connectivity index (χ4n) is 5.19. The molecule has 1 unspecified atom stereocenters. The van der Waals surface area contributed by atoms with E-state index >= 15 is 0 Å². The molecule has 0 saturated carbocycles. The number of aromatic nitrogens is 2. The number of halogens is 3. The van der Waals surface area contributed by atoms with Gasteiger partial charge in [0.25, 0.3) is 0 Å². The van der Waals surface area contributed by atoms with Crippen LogP contribution in [0, 0.1) is 5.92 Å². The van der Waals surface area contributed by atoms with Crippen LogP contribution in [0.15, 0.2) is 97.5 Å². The Morgan fingerprint density at radius 3 is 2.29 bits per heavy atom. The van der Waals surface area contributed by atoms with Crippen LogP contribution in [0.4, 0.5) is 13.2 Å². The molecule has 5 rings (SSSR count). The molecular formula is C32H31F3N4O2. The Hall–Kier alpha value is -4.24. The molecule has 0 radical (unpaired) electrons. The summed E-state index contributed by atoms with van der Waals surface area (Å²) in [5.41, 5.74) is 2.10. The normalized spacial score (nSPS) is 15.4. The molecule has 0 bridgehead atoms. The molecule has 1 saturated heterocycles. The number of piperidine rings is 1. The van der Waals surface area contributed by atoms with E-state index in [-0.39, 0.29) is 30.2 Å². The fourth-order valence-corrected chi connectivity index (χ4v) is 5.19. The van der Waals surface area contributed by atoms with Crippen molar-refractivity contribution in [3.63, 3.8) is 0 Å². The lowest BCUT2D eigenvalue weighted by Crippen LogP contribution is -2.39. The van der Waals surface area contributed by atoms with E-state index in [9.17, 15) is 22.8 Å². The van der Waals surface area contributed by atoms with Crippen LogP contribution in [0.1, 0.15) is 52.5 Å². The van der Waals surface area contributed by atoms with Crippen molar-refractivity contribution in [2.45, 2.75) is 31.5 Å². The second-order valence-corrected chi connectivity index (χ2v) is 10.4. The van der Waals surface area contributed by atoms with Gasteiger partial charge in [-0.25, -0.2) is 0 Å². The smallest absolute Gasteiger partial charge is 0.344 e. The zero-order valence-corrected chi connectivity index (χ0v) is 22.4. The second-order valence-electron chi connectivity index (χ2n) is 10.4. The number of alkyl halides is 3. The largest absolute Gasteiger partial charge is 0.416 e. The van der Waals surface area contributed by atoms with Gasteiger partial charge in [0.05, 0.1) is 23.8 Å². The fraction of sp³-hybridized carbons (Fsp3) is 0.281. The molecule has 2 aromatic heterocycles. The van der Waals surface area contributed by atoms with Gasteiger partial charge in [-0.3, -0.25) is 19.5 Å². The number of nitrogens with one attached hydrogen (secondary N) is 1. The first-order valence-electron chi connectivity index (χ1n) is 13.6. The Labute approximate surface area is 236 Å². The summed E-state index contributed by atoms with van der Waals surface area (Å²) in [6.45, 7) is 1.68. The summed E-state index contributed by atoms with van der Waals surface area (Å²) in [5, 5.41) is 3.16. The Kier molecular flexibility index (Phi) is 8.64. The van der Waals surface area contributed by atoms with E-state index in [1.165, 1.54) is 12.1 Å². The monoisotopic (exact) mass is 560 g/mol. The van der Waals surface area contributed by atoms with E-state index in [0.29, 0.717) is 30.8 Å². The van der Waals surface area contributed by atoms with Gasteiger partial charge in [0, 0.05) is 36.3 Å². The predicted molar refractivity (Wildman–Crippen MR) is 150 cm³/mol. The Bertz CT molecular complexity index is 1410. The van der Waals surface area contributed by atoms with Gasteiger partial charge in [0.1, 0.15) is 0 Å². The number of likely N-dealkylation sites (tertiary alicyclic amines) is 1. The first-order valence-corrected chi connectivity index (χ1v) is 13.6. The molecule has 212 valence electrons. The highest BCUT2D eigenvalue weighted by Gasteiger charge is 2.30. The van der Waals surface area contributed by atoms with Gasteiger partial charge in [-0.2, -0.15) is 13.2 Å². The highest BCUT2D eigenvalue weighted by Crippen LogP contribution is 2.30. The molecule has 6 nitrogen and oxygen atoms in total. The van der Waals surface area contributed by atoms with Crippen LogP contribution in [0.5, 0.6) is 0 Å². The Morgan fingerprint density at radius 2 is 1.63 bits per heavy atom. The maximum Gasteiger partial charge on any atom is 0.416 e. The molecule has 1 aliphatic heterocycles. The van der Waals surface area contributed by atoms with Crippen molar-refractivity contribution in [2.24, 2.45) is 5.92 Å². The first kappa shape index (κ1) is 28.3. The van der Waals surface area contributed by atoms with Crippen molar-refractivity contribution in [2.75, 3.05) is 19.6 Å². The highest BCUT2D eigenvalue weighted by molar-refractivity contribution is 5.97. The lowest BCUT2D eigenvalue weighted by Gasteiger charge is -2.31. The van der Waals surface area contributed by atoms with Crippen LogP contribution in [0.2, 0.25) is 0 Å². The highest BCUT2D eigenvalue weighted by atomic mass is 19.4. The van der Waals surface area contributed by atoms with Crippen LogP contribution in [0.25, 0.3) is 5.69 Å². The van der Waals surface area contributed by atoms with Gasteiger partial charge < -0.3 is 9.88 Å². The van der Waals surface area contributed by atoms with Gasteiger partial charge in [-0.1, -0.05) is 36.4 Å². The summed E-state index contributed by atoms with van der Waals surface area (Å²) in [6.07, 6.45) is 2.69.